The molecule has 1 aromatic carbocycles. The Kier molecular flexibility index (Phi) is 7.22. The van der Waals surface area contributed by atoms with Gasteiger partial charge in [0.1, 0.15) is 10.7 Å². The van der Waals surface area contributed by atoms with Gasteiger partial charge in [-0.3, -0.25) is 9.59 Å². The minimum Gasteiger partial charge on any atom is -0.493 e. The van der Waals surface area contributed by atoms with E-state index in [1.807, 2.05) is 0 Å². The van der Waals surface area contributed by atoms with Crippen molar-refractivity contribution in [1.82, 2.24) is 15.3 Å². The average Bonchev–Trinajstić information content (AvgIpc) is 3.17. The molecular weight excluding hydrogens is 452 g/mol. The van der Waals surface area contributed by atoms with Gasteiger partial charge in [0.05, 0.1) is 12.5 Å². The number of nitrogens with zero attached hydrogens (tertiary/aromatic N) is 1. The van der Waals surface area contributed by atoms with Crippen LogP contribution in [0, 0.1) is 0 Å². The lowest BCUT2D eigenvalue weighted by atomic mass is 9.97. The quantitative estimate of drug-likeness (QED) is 0.490. The molecule has 0 fully saturated rings. The average molecular weight is 478 g/mol. The number of methoxy groups -OCH3 is 1. The highest BCUT2D eigenvalue weighted by molar-refractivity contribution is 7.18. The third kappa shape index (κ3) is 5.50. The zero-order valence-corrected chi connectivity index (χ0v) is 19.0. The van der Waals surface area contributed by atoms with Gasteiger partial charge >= 0.3 is 6.61 Å². The lowest BCUT2D eigenvalue weighted by Crippen LogP contribution is -2.26. The van der Waals surface area contributed by atoms with Crippen molar-refractivity contribution in [3.05, 3.63) is 50.4 Å². The summed E-state index contributed by atoms with van der Waals surface area (Å²) in [5.74, 6) is 0.526. The van der Waals surface area contributed by atoms with Crippen LogP contribution in [-0.4, -0.2) is 36.1 Å². The molecule has 3 aromatic rings. The van der Waals surface area contributed by atoms with Gasteiger partial charge in [-0.05, 0) is 55.4 Å². The number of carbonyl (C=O) groups is 1. The lowest BCUT2D eigenvalue weighted by molar-refractivity contribution is -0.121. The Hall–Kier alpha value is -3.01. The summed E-state index contributed by atoms with van der Waals surface area (Å²) in [4.78, 5) is 34.3. The standard InChI is InChI=1S/C23H25F2N3O4S/c1-31-16-12-13(6-7-15(16)32-23(24)25)10-11-26-19(29)9-8-18-27-21(30)20-14-4-2-3-5-17(14)33-22(20)28-18/h6-7,12,23H,2-5,8-11H2,1H3,(H,26,29)(H,27,28,30). The fourth-order valence-electron chi connectivity index (χ4n) is 4.05. The number of rotatable bonds is 9. The van der Waals surface area contributed by atoms with Gasteiger partial charge in [-0.25, -0.2) is 4.98 Å². The normalized spacial score (nSPS) is 13.2. The summed E-state index contributed by atoms with van der Waals surface area (Å²) in [6.07, 6.45) is 5.21. The van der Waals surface area contributed by atoms with E-state index in [2.05, 4.69) is 20.0 Å². The first-order chi connectivity index (χ1) is 15.9. The monoisotopic (exact) mass is 477 g/mol. The molecule has 1 aliphatic rings. The molecule has 10 heteroatoms. The molecule has 0 saturated carbocycles. The summed E-state index contributed by atoms with van der Waals surface area (Å²) < 4.78 is 34.4. The minimum atomic E-state index is -2.93. The fourth-order valence-corrected chi connectivity index (χ4v) is 5.34. The molecule has 0 unspecified atom stereocenters. The highest BCUT2D eigenvalue weighted by atomic mass is 32.1. The molecular formula is C23H25F2N3O4S. The van der Waals surface area contributed by atoms with Gasteiger partial charge in [-0.15, -0.1) is 11.3 Å². The Bertz CT molecular complexity index is 1210. The predicted octanol–water partition coefficient (Wildman–Crippen LogP) is 3.76. The van der Waals surface area contributed by atoms with E-state index in [0.717, 1.165) is 41.6 Å². The van der Waals surface area contributed by atoms with E-state index < -0.39 is 6.61 Å². The Morgan fingerprint density at radius 3 is 2.85 bits per heavy atom. The first-order valence-electron chi connectivity index (χ1n) is 10.9. The number of ether oxygens (including phenoxy) is 2. The number of benzene rings is 1. The smallest absolute Gasteiger partial charge is 0.387 e. The molecule has 176 valence electrons. The summed E-state index contributed by atoms with van der Waals surface area (Å²) >= 11 is 1.59. The van der Waals surface area contributed by atoms with Crippen LogP contribution >= 0.6 is 11.3 Å². The Morgan fingerprint density at radius 2 is 2.06 bits per heavy atom. The summed E-state index contributed by atoms with van der Waals surface area (Å²) in [7, 11) is 1.38. The molecule has 2 aromatic heterocycles. The molecule has 0 bridgehead atoms. The number of halogens is 2. The van der Waals surface area contributed by atoms with Gasteiger partial charge in [0.15, 0.2) is 11.5 Å². The number of aromatic amines is 1. The highest BCUT2D eigenvalue weighted by Gasteiger charge is 2.20. The summed E-state index contributed by atoms with van der Waals surface area (Å²) in [5, 5.41) is 3.54. The maximum atomic E-state index is 12.6. The number of fused-ring (bicyclic) bond motifs is 3. The van der Waals surface area contributed by atoms with Crippen molar-refractivity contribution >= 4 is 27.5 Å². The van der Waals surface area contributed by atoms with Gasteiger partial charge < -0.3 is 19.8 Å². The summed E-state index contributed by atoms with van der Waals surface area (Å²) in [6, 6.07) is 4.67. The van der Waals surface area contributed by atoms with Crippen LogP contribution in [0.2, 0.25) is 0 Å². The van der Waals surface area contributed by atoms with E-state index in [1.165, 1.54) is 18.1 Å². The SMILES string of the molecule is COc1cc(CCNC(=O)CCc2nc3sc4c(c3c(=O)[nH]2)CCCC4)ccc1OC(F)F. The predicted molar refractivity (Wildman–Crippen MR) is 122 cm³/mol. The largest absolute Gasteiger partial charge is 0.493 e. The highest BCUT2D eigenvalue weighted by Crippen LogP contribution is 2.33. The van der Waals surface area contributed by atoms with E-state index in [9.17, 15) is 18.4 Å². The topological polar surface area (TPSA) is 93.3 Å². The maximum Gasteiger partial charge on any atom is 0.387 e. The van der Waals surface area contributed by atoms with Crippen molar-refractivity contribution in [3.63, 3.8) is 0 Å². The summed E-state index contributed by atoms with van der Waals surface area (Å²) in [5.41, 5.74) is 1.83. The van der Waals surface area contributed by atoms with E-state index in [1.54, 1.807) is 23.5 Å². The molecule has 0 spiro atoms. The number of alkyl halides is 2. The van der Waals surface area contributed by atoms with Crippen molar-refractivity contribution in [1.29, 1.82) is 0 Å². The third-order valence-corrected chi connectivity index (χ3v) is 6.83. The first-order valence-corrected chi connectivity index (χ1v) is 11.7. The molecule has 7 nitrogen and oxygen atoms in total. The second-order valence-electron chi connectivity index (χ2n) is 7.87. The molecule has 0 radical (unpaired) electrons. The van der Waals surface area contributed by atoms with Gasteiger partial charge in [0.25, 0.3) is 5.56 Å². The molecule has 4 rings (SSSR count). The van der Waals surface area contributed by atoms with Crippen molar-refractivity contribution in [2.75, 3.05) is 13.7 Å². The van der Waals surface area contributed by atoms with Gasteiger partial charge in [0, 0.05) is 24.3 Å². The van der Waals surface area contributed by atoms with Crippen LogP contribution in [0.15, 0.2) is 23.0 Å². The minimum absolute atomic E-state index is 0.0367. The lowest BCUT2D eigenvalue weighted by Gasteiger charge is -2.11. The van der Waals surface area contributed by atoms with E-state index in [0.29, 0.717) is 30.6 Å². The number of aryl methyl sites for hydroxylation is 3. The zero-order chi connectivity index (χ0) is 23.4. The number of nitrogens with one attached hydrogen (secondary N) is 2. The van der Waals surface area contributed by atoms with Crippen LogP contribution in [0.1, 0.15) is 41.1 Å². The van der Waals surface area contributed by atoms with Crippen molar-refractivity contribution in [2.24, 2.45) is 0 Å². The van der Waals surface area contributed by atoms with E-state index in [-0.39, 0.29) is 29.4 Å². The van der Waals surface area contributed by atoms with Crippen LogP contribution < -0.4 is 20.3 Å². The molecule has 2 N–H and O–H groups in total. The van der Waals surface area contributed by atoms with Crippen LogP contribution in [0.3, 0.4) is 0 Å². The Labute approximate surface area is 193 Å². The number of carbonyl (C=O) groups excluding carboxylic acids is 1. The molecule has 1 amide bonds. The number of thiophene rings is 1. The second kappa shape index (κ2) is 10.3. The van der Waals surface area contributed by atoms with E-state index in [4.69, 9.17) is 4.74 Å². The molecule has 33 heavy (non-hydrogen) atoms. The number of hydrogen-bond acceptors (Lipinski definition) is 6. The van der Waals surface area contributed by atoms with E-state index >= 15 is 0 Å². The third-order valence-electron chi connectivity index (χ3n) is 5.64. The molecule has 0 saturated heterocycles. The van der Waals surface area contributed by atoms with Gasteiger partial charge in [-0.1, -0.05) is 6.07 Å². The number of amides is 1. The van der Waals surface area contributed by atoms with Crippen LogP contribution in [0.25, 0.3) is 10.2 Å². The molecule has 0 aliphatic heterocycles. The van der Waals surface area contributed by atoms with Gasteiger partial charge in [0.2, 0.25) is 5.91 Å². The molecule has 0 atom stereocenters. The number of aromatic nitrogens is 2. The zero-order valence-electron chi connectivity index (χ0n) is 18.2. The molecule has 1 aliphatic carbocycles. The molecule has 2 heterocycles. The summed E-state index contributed by atoms with van der Waals surface area (Å²) in [6.45, 7) is -2.56. The van der Waals surface area contributed by atoms with Crippen molar-refractivity contribution in [3.8, 4) is 11.5 Å². The maximum absolute atomic E-state index is 12.6. The number of H-pyrrole nitrogens is 1. The second-order valence-corrected chi connectivity index (χ2v) is 8.95. The van der Waals surface area contributed by atoms with Crippen molar-refractivity contribution < 1.29 is 23.0 Å². The van der Waals surface area contributed by atoms with Gasteiger partial charge in [-0.2, -0.15) is 8.78 Å². The van der Waals surface area contributed by atoms with Crippen LogP contribution in [0.5, 0.6) is 11.5 Å². The number of hydrogen-bond donors (Lipinski definition) is 2. The van der Waals surface area contributed by atoms with Crippen molar-refractivity contribution in [2.45, 2.75) is 51.6 Å². The van der Waals surface area contributed by atoms with Crippen LogP contribution in [0.4, 0.5) is 8.78 Å². The fraction of sp³-hybridized carbons (Fsp3) is 0.435. The van der Waals surface area contributed by atoms with Crippen LogP contribution in [-0.2, 0) is 30.5 Å². The Morgan fingerprint density at radius 1 is 1.24 bits per heavy atom. The first kappa shape index (κ1) is 23.2. The Balaban J connectivity index is 1.30.